The lowest BCUT2D eigenvalue weighted by atomic mass is 10.3. The Labute approximate surface area is 84.2 Å². The number of ether oxygens (including phenoxy) is 2. The van der Waals surface area contributed by atoms with Crippen molar-refractivity contribution < 1.29 is 19.7 Å². The minimum atomic E-state index is -0.603. The Hall–Kier alpha value is -0.200. The minimum Gasteiger partial charge on any atom is -0.389 e. The van der Waals surface area contributed by atoms with Gasteiger partial charge in [0.05, 0.1) is 32.0 Å². The molecule has 84 valence electrons. The highest BCUT2D eigenvalue weighted by molar-refractivity contribution is 4.82. The van der Waals surface area contributed by atoms with Gasteiger partial charge in [0.25, 0.3) is 0 Å². The molecule has 5 nitrogen and oxygen atoms in total. The summed E-state index contributed by atoms with van der Waals surface area (Å²) in [5.41, 5.74) is 0. The van der Waals surface area contributed by atoms with Crippen LogP contribution in [-0.2, 0) is 9.47 Å². The van der Waals surface area contributed by atoms with Crippen molar-refractivity contribution in [2.75, 3.05) is 46.6 Å². The first-order chi connectivity index (χ1) is 6.74. The molecule has 0 unspecified atom stereocenters. The molecule has 1 saturated heterocycles. The summed E-state index contributed by atoms with van der Waals surface area (Å²) in [6, 6.07) is 0. The molecule has 1 heterocycles. The van der Waals surface area contributed by atoms with Crippen LogP contribution in [0.1, 0.15) is 0 Å². The van der Waals surface area contributed by atoms with Crippen LogP contribution in [0, 0.1) is 0 Å². The lowest BCUT2D eigenvalue weighted by molar-refractivity contribution is 0.0572. The first kappa shape index (κ1) is 11.9. The van der Waals surface area contributed by atoms with Gasteiger partial charge in [0.15, 0.2) is 0 Å². The molecule has 0 bridgehead atoms. The molecule has 2 atom stereocenters. The fourth-order valence-electron chi connectivity index (χ4n) is 1.47. The van der Waals surface area contributed by atoms with Crippen LogP contribution in [0.25, 0.3) is 0 Å². The number of hydrogen-bond acceptors (Lipinski definition) is 5. The molecule has 2 N–H and O–H groups in total. The molecule has 0 saturated carbocycles. The molecule has 0 aromatic heterocycles. The fraction of sp³-hybridized carbons (Fsp3) is 1.00. The van der Waals surface area contributed by atoms with Gasteiger partial charge in [0.1, 0.15) is 0 Å². The Morgan fingerprint density at radius 3 is 2.36 bits per heavy atom. The van der Waals surface area contributed by atoms with Gasteiger partial charge in [-0.25, -0.2) is 0 Å². The number of aliphatic hydroxyl groups is 2. The number of aliphatic hydroxyl groups excluding tert-OH is 2. The molecular formula is C9H19NO4. The molecule has 0 aliphatic carbocycles. The van der Waals surface area contributed by atoms with Crippen LogP contribution in [0.5, 0.6) is 0 Å². The lowest BCUT2D eigenvalue weighted by Gasteiger charge is -2.14. The van der Waals surface area contributed by atoms with Gasteiger partial charge in [-0.3, -0.25) is 4.90 Å². The number of methoxy groups -OCH3 is 1. The van der Waals surface area contributed by atoms with E-state index in [1.165, 1.54) is 0 Å². The second-order valence-electron chi connectivity index (χ2n) is 3.50. The van der Waals surface area contributed by atoms with E-state index in [2.05, 4.69) is 0 Å². The average Bonchev–Trinajstić information content (AvgIpc) is 2.46. The van der Waals surface area contributed by atoms with Crippen molar-refractivity contribution in [2.45, 2.75) is 12.2 Å². The van der Waals surface area contributed by atoms with Crippen molar-refractivity contribution >= 4 is 0 Å². The number of hydrogen-bond donors (Lipinski definition) is 2. The second-order valence-corrected chi connectivity index (χ2v) is 3.50. The predicted molar refractivity (Wildman–Crippen MR) is 51.1 cm³/mol. The van der Waals surface area contributed by atoms with Crippen LogP contribution in [-0.4, -0.2) is 73.9 Å². The van der Waals surface area contributed by atoms with Crippen molar-refractivity contribution in [2.24, 2.45) is 0 Å². The highest BCUT2D eigenvalue weighted by Gasteiger charge is 2.28. The van der Waals surface area contributed by atoms with Crippen LogP contribution < -0.4 is 0 Å². The summed E-state index contributed by atoms with van der Waals surface area (Å²) in [5, 5.41) is 18.5. The van der Waals surface area contributed by atoms with Crippen molar-refractivity contribution in [3.8, 4) is 0 Å². The van der Waals surface area contributed by atoms with Crippen molar-refractivity contribution in [1.82, 2.24) is 4.90 Å². The molecule has 0 aromatic rings. The van der Waals surface area contributed by atoms with Gasteiger partial charge in [-0.1, -0.05) is 0 Å². The van der Waals surface area contributed by atoms with Gasteiger partial charge in [-0.05, 0) is 0 Å². The molecule has 1 aliphatic rings. The largest absolute Gasteiger partial charge is 0.389 e. The van der Waals surface area contributed by atoms with Crippen molar-refractivity contribution in [1.29, 1.82) is 0 Å². The lowest BCUT2D eigenvalue weighted by Crippen LogP contribution is -2.26. The summed E-state index contributed by atoms with van der Waals surface area (Å²) >= 11 is 0. The van der Waals surface area contributed by atoms with E-state index < -0.39 is 12.2 Å². The Morgan fingerprint density at radius 2 is 1.79 bits per heavy atom. The smallest absolute Gasteiger partial charge is 0.0938 e. The normalized spacial score (nSPS) is 28.5. The first-order valence-electron chi connectivity index (χ1n) is 4.89. The number of likely N-dealkylation sites (tertiary alicyclic amines) is 1. The molecule has 1 rings (SSSR count). The summed E-state index contributed by atoms with van der Waals surface area (Å²) in [6.07, 6.45) is -1.21. The van der Waals surface area contributed by atoms with E-state index in [0.717, 1.165) is 6.54 Å². The zero-order valence-electron chi connectivity index (χ0n) is 8.56. The molecule has 0 spiro atoms. The summed E-state index contributed by atoms with van der Waals surface area (Å²) < 4.78 is 10.1. The number of rotatable bonds is 6. The monoisotopic (exact) mass is 205 g/mol. The van der Waals surface area contributed by atoms with Crippen LogP contribution in [0.2, 0.25) is 0 Å². The highest BCUT2D eigenvalue weighted by Crippen LogP contribution is 2.08. The molecular weight excluding hydrogens is 186 g/mol. The van der Waals surface area contributed by atoms with Gasteiger partial charge in [0, 0.05) is 26.7 Å². The van der Waals surface area contributed by atoms with E-state index in [0.29, 0.717) is 32.9 Å². The molecule has 5 heteroatoms. The third kappa shape index (κ3) is 3.89. The third-order valence-corrected chi connectivity index (χ3v) is 2.32. The molecule has 14 heavy (non-hydrogen) atoms. The second kappa shape index (κ2) is 6.31. The highest BCUT2D eigenvalue weighted by atomic mass is 16.5. The Balaban J connectivity index is 1.97. The number of β-amino-alcohol motifs (C(OH)–C–C–N with tert-alkyl or cyclic N) is 2. The van der Waals surface area contributed by atoms with E-state index in [9.17, 15) is 10.2 Å². The van der Waals surface area contributed by atoms with Crippen LogP contribution in [0.3, 0.4) is 0 Å². The van der Waals surface area contributed by atoms with E-state index in [1.807, 2.05) is 4.90 Å². The van der Waals surface area contributed by atoms with Crippen LogP contribution >= 0.6 is 0 Å². The zero-order chi connectivity index (χ0) is 10.4. The first-order valence-corrected chi connectivity index (χ1v) is 4.89. The van der Waals surface area contributed by atoms with Gasteiger partial charge in [-0.15, -0.1) is 0 Å². The van der Waals surface area contributed by atoms with E-state index in [1.54, 1.807) is 7.11 Å². The fourth-order valence-corrected chi connectivity index (χ4v) is 1.47. The van der Waals surface area contributed by atoms with E-state index in [-0.39, 0.29) is 0 Å². The zero-order valence-corrected chi connectivity index (χ0v) is 8.56. The molecule has 0 radical (unpaired) electrons. The van der Waals surface area contributed by atoms with E-state index >= 15 is 0 Å². The van der Waals surface area contributed by atoms with Gasteiger partial charge in [0.2, 0.25) is 0 Å². The summed E-state index contributed by atoms with van der Waals surface area (Å²) in [5.74, 6) is 0. The summed E-state index contributed by atoms with van der Waals surface area (Å²) in [7, 11) is 1.64. The molecule has 1 aliphatic heterocycles. The Kier molecular flexibility index (Phi) is 5.36. The molecule has 1 fully saturated rings. The molecule has 0 aromatic carbocycles. The topological polar surface area (TPSA) is 62.2 Å². The Bertz CT molecular complexity index is 146. The standard InChI is InChI=1S/C9H19NO4/c1-13-4-5-14-3-2-10-6-8(11)9(12)7-10/h8-9,11-12H,2-7H2,1H3/t8-,9+. The quantitative estimate of drug-likeness (QED) is 0.527. The minimum absolute atomic E-state index is 0.537. The predicted octanol–water partition coefficient (Wildman–Crippen LogP) is -1.31. The van der Waals surface area contributed by atoms with Crippen LogP contribution in [0.15, 0.2) is 0 Å². The van der Waals surface area contributed by atoms with Gasteiger partial charge in [-0.2, -0.15) is 0 Å². The van der Waals surface area contributed by atoms with Gasteiger partial charge < -0.3 is 19.7 Å². The maximum Gasteiger partial charge on any atom is 0.0938 e. The van der Waals surface area contributed by atoms with Crippen molar-refractivity contribution in [3.05, 3.63) is 0 Å². The Morgan fingerprint density at radius 1 is 1.14 bits per heavy atom. The van der Waals surface area contributed by atoms with Crippen LogP contribution in [0.4, 0.5) is 0 Å². The molecule has 0 amide bonds. The average molecular weight is 205 g/mol. The SMILES string of the molecule is COCCOCCN1C[C@@H](O)[C@@H](O)C1. The summed E-state index contributed by atoms with van der Waals surface area (Å²) in [4.78, 5) is 1.99. The maximum atomic E-state index is 9.26. The third-order valence-electron chi connectivity index (χ3n) is 2.32. The maximum absolute atomic E-state index is 9.26. The van der Waals surface area contributed by atoms with Gasteiger partial charge >= 0.3 is 0 Å². The number of nitrogens with zero attached hydrogens (tertiary/aromatic N) is 1. The van der Waals surface area contributed by atoms with E-state index in [4.69, 9.17) is 9.47 Å². The summed E-state index contributed by atoms with van der Waals surface area (Å²) in [6.45, 7) is 3.63. The van der Waals surface area contributed by atoms with Crippen molar-refractivity contribution in [3.63, 3.8) is 0 Å².